The number of para-hydroxylation sites is 1. The Labute approximate surface area is 183 Å². The maximum absolute atomic E-state index is 11.5. The summed E-state index contributed by atoms with van der Waals surface area (Å²) in [6, 6.07) is 18.7. The Hall–Kier alpha value is -3.88. The minimum absolute atomic E-state index is 0.0723. The second-order valence-corrected chi connectivity index (χ2v) is 9.00. The summed E-state index contributed by atoms with van der Waals surface area (Å²) in [5, 5.41) is 22.3. The minimum atomic E-state index is -4.47. The molecule has 5 rings (SSSR count). The summed E-state index contributed by atoms with van der Waals surface area (Å²) < 4.78 is 32.3. The Bertz CT molecular complexity index is 1640. The monoisotopic (exact) mass is 446 g/mol. The third-order valence-corrected chi connectivity index (χ3v) is 6.38. The van der Waals surface area contributed by atoms with Gasteiger partial charge in [0.15, 0.2) is 0 Å². The smallest absolute Gasteiger partial charge is 0.294 e. The van der Waals surface area contributed by atoms with Crippen molar-refractivity contribution in [2.45, 2.75) is 11.8 Å². The number of aromatic amines is 1. The molecule has 4 N–H and O–H groups in total. The van der Waals surface area contributed by atoms with Gasteiger partial charge in [-0.3, -0.25) is 4.55 Å². The van der Waals surface area contributed by atoms with Crippen LogP contribution in [-0.4, -0.2) is 33.2 Å². The Morgan fingerprint density at radius 3 is 2.34 bits per heavy atom. The van der Waals surface area contributed by atoms with Crippen molar-refractivity contribution in [3.8, 4) is 34.0 Å². The van der Waals surface area contributed by atoms with E-state index in [0.717, 1.165) is 17.2 Å². The predicted octanol–water partition coefficient (Wildman–Crippen LogP) is 5.02. The van der Waals surface area contributed by atoms with Crippen LogP contribution in [0.1, 0.15) is 5.56 Å². The molecule has 0 radical (unpaired) electrons. The largest absolute Gasteiger partial charge is 0.507 e. The van der Waals surface area contributed by atoms with E-state index in [4.69, 9.17) is 0 Å². The summed E-state index contributed by atoms with van der Waals surface area (Å²) in [6.07, 6.45) is 0. The van der Waals surface area contributed by atoms with E-state index in [1.807, 2.05) is 43.3 Å². The van der Waals surface area contributed by atoms with Crippen LogP contribution in [0, 0.1) is 6.92 Å². The summed E-state index contributed by atoms with van der Waals surface area (Å²) in [7, 11) is -4.47. The molecule has 0 saturated heterocycles. The number of rotatable bonds is 3. The molecule has 32 heavy (non-hydrogen) atoms. The van der Waals surface area contributed by atoms with Crippen molar-refractivity contribution in [1.82, 2.24) is 9.97 Å². The quantitative estimate of drug-likeness (QED) is 0.289. The van der Waals surface area contributed by atoms with Gasteiger partial charge in [0, 0.05) is 11.6 Å². The van der Waals surface area contributed by atoms with Gasteiger partial charge in [-0.25, -0.2) is 4.98 Å². The molecule has 160 valence electrons. The summed E-state index contributed by atoms with van der Waals surface area (Å²) in [5.41, 5.74) is 4.11. The molecule has 4 aromatic carbocycles. The van der Waals surface area contributed by atoms with Crippen molar-refractivity contribution in [3.05, 3.63) is 72.3 Å². The van der Waals surface area contributed by atoms with Crippen LogP contribution in [0.4, 0.5) is 0 Å². The van der Waals surface area contributed by atoms with Crippen molar-refractivity contribution in [2.24, 2.45) is 0 Å². The number of nitrogens with zero attached hydrogens (tertiary/aromatic N) is 1. The van der Waals surface area contributed by atoms with Gasteiger partial charge >= 0.3 is 0 Å². The van der Waals surface area contributed by atoms with Crippen molar-refractivity contribution < 1.29 is 23.2 Å². The molecule has 1 aromatic heterocycles. The van der Waals surface area contributed by atoms with E-state index in [1.165, 1.54) is 6.07 Å². The lowest BCUT2D eigenvalue weighted by Crippen LogP contribution is -1.97. The standard InChI is InChI=1S/C24H18N2O5S/c1-13-5-2-3-6-16(13)17-7-4-8-18(23(17)28)24-25-19-10-9-14-11-15(32(29,30)31)12-20(27)21(14)22(19)26-24/h2-12,27-28H,1H3,(H,25,26)(H,29,30,31). The molecule has 0 unspecified atom stereocenters. The van der Waals surface area contributed by atoms with Gasteiger partial charge in [-0.15, -0.1) is 0 Å². The zero-order valence-electron chi connectivity index (χ0n) is 16.9. The first-order chi connectivity index (χ1) is 15.2. The van der Waals surface area contributed by atoms with Gasteiger partial charge in [0.25, 0.3) is 10.1 Å². The third-order valence-electron chi connectivity index (χ3n) is 5.54. The Morgan fingerprint density at radius 1 is 0.875 bits per heavy atom. The van der Waals surface area contributed by atoms with Crippen molar-refractivity contribution >= 4 is 31.9 Å². The minimum Gasteiger partial charge on any atom is -0.507 e. The summed E-state index contributed by atoms with van der Waals surface area (Å²) in [4.78, 5) is 7.35. The van der Waals surface area contributed by atoms with Crippen LogP contribution in [0.5, 0.6) is 11.5 Å². The lowest BCUT2D eigenvalue weighted by Gasteiger charge is -2.10. The Kier molecular flexibility index (Phi) is 4.44. The van der Waals surface area contributed by atoms with E-state index in [1.54, 1.807) is 18.2 Å². The van der Waals surface area contributed by atoms with Crippen LogP contribution in [0.3, 0.4) is 0 Å². The van der Waals surface area contributed by atoms with E-state index >= 15 is 0 Å². The fraction of sp³-hybridized carbons (Fsp3) is 0.0417. The van der Waals surface area contributed by atoms with Crippen LogP contribution < -0.4 is 0 Å². The maximum atomic E-state index is 11.5. The van der Waals surface area contributed by atoms with Gasteiger partial charge in [-0.2, -0.15) is 8.42 Å². The fourth-order valence-electron chi connectivity index (χ4n) is 3.99. The van der Waals surface area contributed by atoms with Crippen molar-refractivity contribution in [2.75, 3.05) is 0 Å². The molecule has 0 atom stereocenters. The van der Waals surface area contributed by atoms with E-state index in [2.05, 4.69) is 9.97 Å². The predicted molar refractivity (Wildman–Crippen MR) is 122 cm³/mol. The second kappa shape index (κ2) is 7.08. The highest BCUT2D eigenvalue weighted by Gasteiger charge is 2.19. The number of aromatic hydroxyl groups is 2. The number of hydrogen-bond donors (Lipinski definition) is 4. The van der Waals surface area contributed by atoms with E-state index in [0.29, 0.717) is 38.8 Å². The van der Waals surface area contributed by atoms with Crippen LogP contribution in [0.2, 0.25) is 0 Å². The number of nitrogens with one attached hydrogen (secondary N) is 1. The molecule has 0 aliphatic heterocycles. The van der Waals surface area contributed by atoms with Crippen LogP contribution >= 0.6 is 0 Å². The lowest BCUT2D eigenvalue weighted by atomic mass is 9.97. The Balaban J connectivity index is 1.72. The van der Waals surface area contributed by atoms with Gasteiger partial charge in [-0.1, -0.05) is 42.5 Å². The van der Waals surface area contributed by atoms with Crippen molar-refractivity contribution in [1.29, 1.82) is 0 Å². The topological polar surface area (TPSA) is 124 Å². The number of aromatic nitrogens is 2. The number of imidazole rings is 1. The number of phenols is 2. The maximum Gasteiger partial charge on any atom is 0.294 e. The number of aryl methyl sites for hydroxylation is 1. The van der Waals surface area contributed by atoms with Crippen LogP contribution in [0.15, 0.2) is 71.6 Å². The number of H-pyrrole nitrogens is 1. The highest BCUT2D eigenvalue weighted by molar-refractivity contribution is 7.85. The molecule has 0 fully saturated rings. The molecule has 0 amide bonds. The highest BCUT2D eigenvalue weighted by Crippen LogP contribution is 2.40. The SMILES string of the molecule is Cc1ccccc1-c1cccc(-c2nc3c(ccc4cc(S(=O)(=O)O)cc(O)c43)[nH]2)c1O. The average Bonchev–Trinajstić information content (AvgIpc) is 3.17. The lowest BCUT2D eigenvalue weighted by molar-refractivity contribution is 0.471. The number of fused-ring (bicyclic) bond motifs is 3. The fourth-order valence-corrected chi connectivity index (χ4v) is 4.52. The highest BCUT2D eigenvalue weighted by atomic mass is 32.2. The van der Waals surface area contributed by atoms with Crippen LogP contribution in [-0.2, 0) is 10.1 Å². The Morgan fingerprint density at radius 2 is 1.59 bits per heavy atom. The average molecular weight is 446 g/mol. The molecule has 5 aromatic rings. The van der Waals surface area contributed by atoms with E-state index in [9.17, 15) is 23.2 Å². The van der Waals surface area contributed by atoms with Gasteiger partial charge in [0.05, 0.1) is 21.4 Å². The first kappa shape index (κ1) is 20.0. The number of phenolic OH excluding ortho intramolecular Hbond substituents is 2. The van der Waals surface area contributed by atoms with Crippen LogP contribution in [0.25, 0.3) is 44.3 Å². The molecule has 0 aliphatic carbocycles. The van der Waals surface area contributed by atoms with Gasteiger partial charge < -0.3 is 15.2 Å². The molecule has 8 heteroatoms. The molecular formula is C24H18N2O5S. The zero-order valence-corrected chi connectivity index (χ0v) is 17.7. The summed E-state index contributed by atoms with van der Waals surface area (Å²) in [5.74, 6) is 0.151. The molecular weight excluding hydrogens is 428 g/mol. The van der Waals surface area contributed by atoms with E-state index < -0.39 is 15.0 Å². The molecule has 0 bridgehead atoms. The number of hydrogen-bond acceptors (Lipinski definition) is 5. The molecule has 7 nitrogen and oxygen atoms in total. The van der Waals surface area contributed by atoms with E-state index in [-0.39, 0.29) is 11.5 Å². The van der Waals surface area contributed by atoms with Gasteiger partial charge in [0.2, 0.25) is 0 Å². The zero-order chi connectivity index (χ0) is 22.6. The second-order valence-electron chi connectivity index (χ2n) is 7.58. The number of benzene rings is 4. The first-order valence-corrected chi connectivity index (χ1v) is 11.2. The van der Waals surface area contributed by atoms with Gasteiger partial charge in [-0.05, 0) is 41.6 Å². The molecule has 0 spiro atoms. The summed E-state index contributed by atoms with van der Waals surface area (Å²) >= 11 is 0. The van der Waals surface area contributed by atoms with Gasteiger partial charge in [0.1, 0.15) is 22.8 Å². The normalized spacial score (nSPS) is 11.9. The first-order valence-electron chi connectivity index (χ1n) is 9.75. The summed E-state index contributed by atoms with van der Waals surface area (Å²) in [6.45, 7) is 1.97. The van der Waals surface area contributed by atoms with Crippen molar-refractivity contribution in [3.63, 3.8) is 0 Å². The molecule has 1 heterocycles. The molecule has 0 saturated carbocycles. The molecule has 0 aliphatic rings. The third kappa shape index (κ3) is 3.17.